The first kappa shape index (κ1) is 18.2. The van der Waals surface area contributed by atoms with E-state index in [4.69, 9.17) is 22.1 Å². The van der Waals surface area contributed by atoms with Crippen molar-refractivity contribution in [1.29, 1.82) is 0 Å². The topological polar surface area (TPSA) is 101 Å². The highest BCUT2D eigenvalue weighted by Crippen LogP contribution is 2.25. The molecule has 2 N–H and O–H groups in total. The SMILES string of the molecule is COc1ccc2c(c1)[nH]c(=S)n2S(=O)(=O)c1ccc(CCC(=O)O)cc1. The van der Waals surface area contributed by atoms with E-state index in [0.717, 1.165) is 9.54 Å². The summed E-state index contributed by atoms with van der Waals surface area (Å²) in [6.45, 7) is 0. The highest BCUT2D eigenvalue weighted by molar-refractivity contribution is 7.90. The Hall–Kier alpha value is -2.65. The van der Waals surface area contributed by atoms with Gasteiger partial charge in [-0.25, -0.2) is 12.4 Å². The molecule has 0 amide bonds. The Kier molecular flexibility index (Phi) is 4.84. The number of aryl methyl sites for hydroxylation is 1. The number of hydrogen-bond donors (Lipinski definition) is 2. The second-order valence-corrected chi connectivity index (χ2v) is 7.79. The van der Waals surface area contributed by atoms with E-state index in [1.54, 1.807) is 30.3 Å². The number of ether oxygens (including phenoxy) is 1. The zero-order valence-corrected chi connectivity index (χ0v) is 15.4. The molecule has 0 saturated carbocycles. The number of carboxylic acid groups (broad SMARTS) is 1. The van der Waals surface area contributed by atoms with Gasteiger partial charge in [-0.3, -0.25) is 4.79 Å². The van der Waals surface area contributed by atoms with Crippen molar-refractivity contribution in [2.24, 2.45) is 0 Å². The zero-order valence-electron chi connectivity index (χ0n) is 13.8. The van der Waals surface area contributed by atoms with Gasteiger partial charge in [0.05, 0.1) is 23.0 Å². The highest BCUT2D eigenvalue weighted by atomic mass is 32.2. The molecular weight excluding hydrogens is 376 g/mol. The molecule has 0 bridgehead atoms. The summed E-state index contributed by atoms with van der Waals surface area (Å²) in [5.74, 6) is -0.316. The van der Waals surface area contributed by atoms with E-state index in [0.29, 0.717) is 23.2 Å². The van der Waals surface area contributed by atoms with Gasteiger partial charge in [-0.15, -0.1) is 0 Å². The number of carbonyl (C=O) groups is 1. The summed E-state index contributed by atoms with van der Waals surface area (Å²) in [4.78, 5) is 13.6. The fourth-order valence-corrected chi connectivity index (χ4v) is 4.49. The smallest absolute Gasteiger partial charge is 0.303 e. The molecule has 9 heteroatoms. The summed E-state index contributed by atoms with van der Waals surface area (Å²) in [5, 5.41) is 8.73. The molecule has 0 unspecified atom stereocenters. The summed E-state index contributed by atoms with van der Waals surface area (Å²) < 4.78 is 32.3. The molecule has 26 heavy (non-hydrogen) atoms. The van der Waals surface area contributed by atoms with E-state index < -0.39 is 16.0 Å². The lowest BCUT2D eigenvalue weighted by molar-refractivity contribution is -0.136. The van der Waals surface area contributed by atoms with E-state index in [-0.39, 0.29) is 16.1 Å². The molecule has 1 heterocycles. The van der Waals surface area contributed by atoms with Crippen molar-refractivity contribution in [2.45, 2.75) is 17.7 Å². The average Bonchev–Trinajstić information content (AvgIpc) is 2.95. The largest absolute Gasteiger partial charge is 0.497 e. The summed E-state index contributed by atoms with van der Waals surface area (Å²) in [6, 6.07) is 11.1. The Morgan fingerprint density at radius 2 is 1.92 bits per heavy atom. The van der Waals surface area contributed by atoms with Crippen molar-refractivity contribution in [2.75, 3.05) is 7.11 Å². The molecule has 0 spiro atoms. The number of carboxylic acids is 1. The number of methoxy groups -OCH3 is 1. The van der Waals surface area contributed by atoms with E-state index >= 15 is 0 Å². The molecule has 0 atom stereocenters. The fraction of sp³-hybridized carbons (Fsp3) is 0.176. The summed E-state index contributed by atoms with van der Waals surface area (Å²) in [5.41, 5.74) is 1.72. The monoisotopic (exact) mass is 392 g/mol. The number of nitrogens with one attached hydrogen (secondary N) is 1. The minimum Gasteiger partial charge on any atom is -0.497 e. The molecule has 0 aliphatic carbocycles. The first-order valence-electron chi connectivity index (χ1n) is 7.68. The molecule has 0 aliphatic heterocycles. The molecule has 1 aromatic heterocycles. The second-order valence-electron chi connectivity index (χ2n) is 5.62. The van der Waals surface area contributed by atoms with E-state index in [1.165, 1.54) is 19.2 Å². The van der Waals surface area contributed by atoms with Crippen LogP contribution in [0.25, 0.3) is 11.0 Å². The zero-order chi connectivity index (χ0) is 18.9. The summed E-state index contributed by atoms with van der Waals surface area (Å²) in [6.07, 6.45) is 0.323. The molecule has 0 radical (unpaired) electrons. The lowest BCUT2D eigenvalue weighted by Crippen LogP contribution is -2.13. The molecule has 7 nitrogen and oxygen atoms in total. The lowest BCUT2D eigenvalue weighted by atomic mass is 10.1. The minimum absolute atomic E-state index is 0.0125. The van der Waals surface area contributed by atoms with Crippen LogP contribution in [0.4, 0.5) is 0 Å². The van der Waals surface area contributed by atoms with Crippen LogP contribution in [0.15, 0.2) is 47.4 Å². The van der Waals surface area contributed by atoms with Crippen molar-refractivity contribution < 1.29 is 23.1 Å². The number of hydrogen-bond acceptors (Lipinski definition) is 5. The van der Waals surface area contributed by atoms with Crippen LogP contribution >= 0.6 is 12.2 Å². The van der Waals surface area contributed by atoms with Gasteiger partial charge in [0.1, 0.15) is 5.75 Å². The Morgan fingerprint density at radius 1 is 1.23 bits per heavy atom. The number of aromatic amines is 1. The van der Waals surface area contributed by atoms with Gasteiger partial charge in [-0.2, -0.15) is 0 Å². The van der Waals surface area contributed by atoms with Gasteiger partial charge in [0.2, 0.25) is 0 Å². The van der Waals surface area contributed by atoms with Crippen LogP contribution in [0.2, 0.25) is 0 Å². The average molecular weight is 392 g/mol. The third-order valence-electron chi connectivity index (χ3n) is 3.94. The van der Waals surface area contributed by atoms with Crippen LogP contribution < -0.4 is 4.74 Å². The maximum absolute atomic E-state index is 13.0. The van der Waals surface area contributed by atoms with Crippen LogP contribution in [0, 0.1) is 4.77 Å². The lowest BCUT2D eigenvalue weighted by Gasteiger charge is -2.08. The summed E-state index contributed by atoms with van der Waals surface area (Å²) >= 11 is 5.20. The van der Waals surface area contributed by atoms with Gasteiger partial charge < -0.3 is 14.8 Å². The normalized spacial score (nSPS) is 11.6. The number of aromatic nitrogens is 2. The molecule has 0 saturated heterocycles. The number of H-pyrrole nitrogens is 1. The van der Waals surface area contributed by atoms with Gasteiger partial charge in [-0.05, 0) is 48.5 Å². The molecule has 136 valence electrons. The molecule has 3 aromatic rings. The fourth-order valence-electron chi connectivity index (χ4n) is 2.62. The van der Waals surface area contributed by atoms with Gasteiger partial charge in [0, 0.05) is 12.5 Å². The Morgan fingerprint density at radius 3 is 2.54 bits per heavy atom. The summed E-state index contributed by atoms with van der Waals surface area (Å²) in [7, 11) is -2.37. The van der Waals surface area contributed by atoms with Gasteiger partial charge in [-0.1, -0.05) is 12.1 Å². The Labute approximate surface area is 154 Å². The second kappa shape index (κ2) is 6.93. The van der Waals surface area contributed by atoms with Crippen LogP contribution in [0.1, 0.15) is 12.0 Å². The standard InChI is InChI=1S/C17H16N2O5S2/c1-24-12-5-8-15-14(10-12)18-17(25)19(15)26(22,23)13-6-2-11(3-7-13)4-9-16(20)21/h2-3,5-8,10H,4,9H2,1H3,(H,18,25)(H,20,21). The number of imidazole rings is 1. The predicted molar refractivity (Wildman–Crippen MR) is 98.7 cm³/mol. The van der Waals surface area contributed by atoms with Crippen molar-refractivity contribution in [3.05, 3.63) is 52.8 Å². The maximum atomic E-state index is 13.0. The van der Waals surface area contributed by atoms with E-state index in [1.807, 2.05) is 0 Å². The number of fused-ring (bicyclic) bond motifs is 1. The third-order valence-corrected chi connectivity index (χ3v) is 6.07. The first-order chi connectivity index (χ1) is 12.3. The molecule has 3 rings (SSSR count). The molecule has 0 aliphatic rings. The maximum Gasteiger partial charge on any atom is 0.303 e. The van der Waals surface area contributed by atoms with Crippen LogP contribution in [0.5, 0.6) is 5.75 Å². The van der Waals surface area contributed by atoms with Crippen LogP contribution in [-0.4, -0.2) is 35.6 Å². The van der Waals surface area contributed by atoms with Gasteiger partial charge in [0.15, 0.2) is 4.77 Å². The van der Waals surface area contributed by atoms with Crippen LogP contribution in [-0.2, 0) is 21.2 Å². The third kappa shape index (κ3) is 3.35. The Bertz CT molecular complexity index is 1130. The number of nitrogens with zero attached hydrogens (tertiary/aromatic N) is 1. The van der Waals surface area contributed by atoms with Crippen molar-refractivity contribution in [3.63, 3.8) is 0 Å². The van der Waals surface area contributed by atoms with Crippen molar-refractivity contribution in [3.8, 4) is 5.75 Å². The molecule has 0 fully saturated rings. The quantitative estimate of drug-likeness (QED) is 0.626. The number of benzene rings is 2. The van der Waals surface area contributed by atoms with Gasteiger partial charge in [0.25, 0.3) is 10.0 Å². The van der Waals surface area contributed by atoms with E-state index in [2.05, 4.69) is 4.98 Å². The van der Waals surface area contributed by atoms with Crippen LogP contribution in [0.3, 0.4) is 0 Å². The van der Waals surface area contributed by atoms with E-state index in [9.17, 15) is 13.2 Å². The Balaban J connectivity index is 2.03. The molecule has 2 aromatic carbocycles. The predicted octanol–water partition coefficient (Wildman–Crippen LogP) is 2.96. The van der Waals surface area contributed by atoms with Crippen molar-refractivity contribution >= 4 is 39.2 Å². The molecular formula is C17H16N2O5S2. The first-order valence-corrected chi connectivity index (χ1v) is 9.53. The minimum atomic E-state index is -3.90. The highest BCUT2D eigenvalue weighted by Gasteiger charge is 2.21. The number of aliphatic carboxylic acids is 1. The van der Waals surface area contributed by atoms with Gasteiger partial charge >= 0.3 is 5.97 Å². The van der Waals surface area contributed by atoms with Crippen molar-refractivity contribution in [1.82, 2.24) is 8.96 Å². The number of rotatable bonds is 6.